The maximum absolute atomic E-state index is 12.6. The van der Waals surface area contributed by atoms with Crippen LogP contribution >= 0.6 is 35.6 Å². The molecule has 27 heavy (non-hydrogen) atoms. The van der Waals surface area contributed by atoms with E-state index in [1.54, 1.807) is 0 Å². The van der Waals surface area contributed by atoms with E-state index in [2.05, 4.69) is 0 Å². The summed E-state index contributed by atoms with van der Waals surface area (Å²) >= 11 is 11.9. The van der Waals surface area contributed by atoms with Gasteiger partial charge in [-0.05, 0) is 30.2 Å². The SMILES string of the molecule is COc1cc(C=C2SC(=S)N(C(CCC(=O)O)C(=O)O)C2=O)cc(Cl)c1O. The van der Waals surface area contributed by atoms with Crippen molar-refractivity contribution in [3.8, 4) is 11.5 Å². The highest BCUT2D eigenvalue weighted by molar-refractivity contribution is 8.26. The fraction of sp³-hybridized carbons (Fsp3) is 0.250. The van der Waals surface area contributed by atoms with Gasteiger partial charge in [0.25, 0.3) is 5.91 Å². The molecule has 1 aromatic rings. The Kier molecular flexibility index (Phi) is 6.68. The van der Waals surface area contributed by atoms with E-state index < -0.39 is 30.3 Å². The lowest BCUT2D eigenvalue weighted by atomic mass is 10.1. The molecule has 0 saturated carbocycles. The Morgan fingerprint density at radius 1 is 1.41 bits per heavy atom. The van der Waals surface area contributed by atoms with Crippen molar-refractivity contribution in [2.75, 3.05) is 7.11 Å². The third-order valence-corrected chi connectivity index (χ3v) is 5.24. The summed E-state index contributed by atoms with van der Waals surface area (Å²) in [6.07, 6.45) is 0.740. The Balaban J connectivity index is 2.34. The molecule has 1 heterocycles. The maximum atomic E-state index is 12.6. The zero-order chi connectivity index (χ0) is 20.3. The number of hydrogen-bond donors (Lipinski definition) is 3. The molecule has 144 valence electrons. The maximum Gasteiger partial charge on any atom is 0.326 e. The van der Waals surface area contributed by atoms with Crippen LogP contribution in [-0.4, -0.2) is 55.5 Å². The molecule has 1 aliphatic heterocycles. The Morgan fingerprint density at radius 2 is 2.07 bits per heavy atom. The number of rotatable bonds is 7. The summed E-state index contributed by atoms with van der Waals surface area (Å²) < 4.78 is 5.01. The summed E-state index contributed by atoms with van der Waals surface area (Å²) in [5.74, 6) is -3.31. The van der Waals surface area contributed by atoms with Gasteiger partial charge in [-0.3, -0.25) is 14.5 Å². The van der Waals surface area contributed by atoms with Crippen LogP contribution in [0, 0.1) is 0 Å². The van der Waals surface area contributed by atoms with Crippen LogP contribution in [0.25, 0.3) is 6.08 Å². The minimum Gasteiger partial charge on any atom is -0.503 e. The van der Waals surface area contributed by atoms with E-state index in [1.807, 2.05) is 0 Å². The molecule has 1 fully saturated rings. The highest BCUT2D eigenvalue weighted by atomic mass is 35.5. The first-order valence-corrected chi connectivity index (χ1v) is 9.04. The smallest absolute Gasteiger partial charge is 0.326 e. The Labute approximate surface area is 168 Å². The second-order valence-corrected chi connectivity index (χ2v) is 7.47. The fourth-order valence-electron chi connectivity index (χ4n) is 2.36. The lowest BCUT2D eigenvalue weighted by molar-refractivity contribution is -0.146. The van der Waals surface area contributed by atoms with Gasteiger partial charge >= 0.3 is 11.9 Å². The number of nitrogens with zero attached hydrogens (tertiary/aromatic N) is 1. The molecule has 0 aromatic heterocycles. The van der Waals surface area contributed by atoms with Gasteiger partial charge in [-0.2, -0.15) is 0 Å². The van der Waals surface area contributed by atoms with Gasteiger partial charge in [0.05, 0.1) is 17.0 Å². The number of benzene rings is 1. The number of phenols is 1. The standard InChI is InChI=1S/C16H14ClNO7S2/c1-25-10-5-7(4-8(17)13(10)21)6-11-14(22)18(16(26)27-11)9(15(23)24)2-3-12(19)20/h4-6,9,21H,2-3H2,1H3,(H,19,20)(H,23,24). The number of methoxy groups -OCH3 is 1. The molecule has 1 aromatic carbocycles. The number of carbonyl (C=O) groups excluding carboxylic acids is 1. The summed E-state index contributed by atoms with van der Waals surface area (Å²) in [6, 6.07) is 1.48. The first-order valence-electron chi connectivity index (χ1n) is 7.43. The van der Waals surface area contributed by atoms with Crippen LogP contribution in [0.15, 0.2) is 17.0 Å². The van der Waals surface area contributed by atoms with E-state index in [0.29, 0.717) is 5.56 Å². The number of hydrogen-bond acceptors (Lipinski definition) is 7. The first-order chi connectivity index (χ1) is 12.6. The third-order valence-electron chi connectivity index (χ3n) is 3.62. The van der Waals surface area contributed by atoms with E-state index in [-0.39, 0.29) is 32.2 Å². The monoisotopic (exact) mass is 431 g/mol. The average Bonchev–Trinajstić information content (AvgIpc) is 2.85. The van der Waals surface area contributed by atoms with Crippen molar-refractivity contribution in [3.63, 3.8) is 0 Å². The lowest BCUT2D eigenvalue weighted by Crippen LogP contribution is -2.44. The molecule has 0 radical (unpaired) electrons. The van der Waals surface area contributed by atoms with Gasteiger partial charge in [-0.1, -0.05) is 35.6 Å². The van der Waals surface area contributed by atoms with E-state index in [0.717, 1.165) is 16.7 Å². The minimum absolute atomic E-state index is 0.0147. The van der Waals surface area contributed by atoms with Crippen molar-refractivity contribution in [1.29, 1.82) is 0 Å². The number of phenolic OH excluding ortho intramolecular Hbond substituents is 1. The number of carbonyl (C=O) groups is 3. The molecular formula is C16H14ClNO7S2. The molecule has 1 amide bonds. The summed E-state index contributed by atoms with van der Waals surface area (Å²) in [6.45, 7) is 0. The predicted octanol–water partition coefficient (Wildman–Crippen LogP) is 2.57. The van der Waals surface area contributed by atoms with Gasteiger partial charge in [0.2, 0.25) is 0 Å². The van der Waals surface area contributed by atoms with Gasteiger partial charge in [0, 0.05) is 6.42 Å². The van der Waals surface area contributed by atoms with Crippen molar-refractivity contribution < 1.29 is 34.4 Å². The first kappa shape index (κ1) is 21.0. The van der Waals surface area contributed by atoms with Crippen molar-refractivity contribution in [2.45, 2.75) is 18.9 Å². The molecule has 0 spiro atoms. The van der Waals surface area contributed by atoms with E-state index in [1.165, 1.54) is 25.3 Å². The Hall–Kier alpha value is -2.30. The molecule has 1 aliphatic rings. The second-order valence-electron chi connectivity index (χ2n) is 5.39. The van der Waals surface area contributed by atoms with Crippen LogP contribution in [0.3, 0.4) is 0 Å². The number of aromatic hydroxyl groups is 1. The minimum atomic E-state index is -1.38. The van der Waals surface area contributed by atoms with Crippen molar-refractivity contribution in [2.24, 2.45) is 0 Å². The number of carboxylic acid groups (broad SMARTS) is 2. The summed E-state index contributed by atoms with van der Waals surface area (Å²) in [7, 11) is 1.34. The molecule has 8 nitrogen and oxygen atoms in total. The Bertz CT molecular complexity index is 855. The van der Waals surface area contributed by atoms with Crippen molar-refractivity contribution >= 4 is 63.8 Å². The molecule has 1 atom stereocenters. The molecule has 0 bridgehead atoms. The summed E-state index contributed by atoms with van der Waals surface area (Å²) in [5.41, 5.74) is 0.438. The summed E-state index contributed by atoms with van der Waals surface area (Å²) in [5, 5.41) is 27.9. The highest BCUT2D eigenvalue weighted by Crippen LogP contribution is 2.38. The zero-order valence-electron chi connectivity index (χ0n) is 13.8. The number of aliphatic carboxylic acids is 2. The van der Waals surface area contributed by atoms with Crippen LogP contribution in [0.2, 0.25) is 5.02 Å². The number of thioether (sulfide) groups is 1. The normalized spacial score (nSPS) is 16.7. The van der Waals surface area contributed by atoms with Gasteiger partial charge in [-0.25, -0.2) is 4.79 Å². The largest absolute Gasteiger partial charge is 0.503 e. The Morgan fingerprint density at radius 3 is 2.63 bits per heavy atom. The second kappa shape index (κ2) is 8.59. The highest BCUT2D eigenvalue weighted by Gasteiger charge is 2.40. The molecule has 2 rings (SSSR count). The van der Waals surface area contributed by atoms with Crippen molar-refractivity contribution in [3.05, 3.63) is 27.6 Å². The van der Waals surface area contributed by atoms with Gasteiger partial charge in [-0.15, -0.1) is 0 Å². The number of carboxylic acids is 2. The number of halogens is 1. The molecular weight excluding hydrogens is 418 g/mol. The zero-order valence-corrected chi connectivity index (χ0v) is 16.2. The lowest BCUT2D eigenvalue weighted by Gasteiger charge is -2.22. The van der Waals surface area contributed by atoms with Crippen LogP contribution in [0.1, 0.15) is 18.4 Å². The fourth-order valence-corrected chi connectivity index (χ4v) is 3.93. The van der Waals surface area contributed by atoms with Gasteiger partial charge in [0.15, 0.2) is 11.5 Å². The topological polar surface area (TPSA) is 124 Å². The molecule has 1 unspecified atom stereocenters. The van der Waals surface area contributed by atoms with E-state index in [9.17, 15) is 24.6 Å². The van der Waals surface area contributed by atoms with Crippen LogP contribution in [-0.2, 0) is 14.4 Å². The van der Waals surface area contributed by atoms with Crippen molar-refractivity contribution in [1.82, 2.24) is 4.90 Å². The third kappa shape index (κ3) is 4.71. The van der Waals surface area contributed by atoms with E-state index >= 15 is 0 Å². The van der Waals surface area contributed by atoms with Crippen LogP contribution in [0.4, 0.5) is 0 Å². The quantitative estimate of drug-likeness (QED) is 0.441. The van der Waals surface area contributed by atoms with Gasteiger partial charge < -0.3 is 20.1 Å². The van der Waals surface area contributed by atoms with E-state index in [4.69, 9.17) is 33.7 Å². The predicted molar refractivity (Wildman–Crippen MR) is 103 cm³/mol. The number of ether oxygens (including phenoxy) is 1. The molecule has 3 N–H and O–H groups in total. The number of amides is 1. The van der Waals surface area contributed by atoms with Gasteiger partial charge in [0.1, 0.15) is 10.4 Å². The number of thiocarbonyl (C=S) groups is 1. The van der Waals surface area contributed by atoms with Crippen LogP contribution < -0.4 is 4.74 Å². The van der Waals surface area contributed by atoms with Crippen LogP contribution in [0.5, 0.6) is 11.5 Å². The summed E-state index contributed by atoms with van der Waals surface area (Å²) in [4.78, 5) is 35.9. The molecule has 11 heteroatoms. The average molecular weight is 432 g/mol. The molecule has 0 aliphatic carbocycles. The molecule has 1 saturated heterocycles.